The molecule has 0 N–H and O–H groups in total. The molecule has 1 atom stereocenters. The minimum atomic E-state index is -1.04. The summed E-state index contributed by atoms with van der Waals surface area (Å²) in [5, 5.41) is 10.7. The van der Waals surface area contributed by atoms with Crippen LogP contribution in [0.15, 0.2) is 54.6 Å². The molecule has 2 aromatic rings. The van der Waals surface area contributed by atoms with E-state index < -0.39 is 23.0 Å². The van der Waals surface area contributed by atoms with Gasteiger partial charge in [-0.15, -0.1) is 0 Å². The lowest BCUT2D eigenvalue weighted by atomic mass is 10.1. The van der Waals surface area contributed by atoms with Crippen LogP contribution in [0.2, 0.25) is 0 Å². The summed E-state index contributed by atoms with van der Waals surface area (Å²) in [5.41, 5.74) is 1.00. The molecule has 7 heteroatoms. The molecule has 0 bridgehead atoms. The van der Waals surface area contributed by atoms with Gasteiger partial charge in [0.25, 0.3) is 5.69 Å². The van der Waals surface area contributed by atoms with Gasteiger partial charge in [-0.2, -0.15) is 0 Å². The van der Waals surface area contributed by atoms with Gasteiger partial charge < -0.3 is 9.47 Å². The van der Waals surface area contributed by atoms with Crippen LogP contribution in [0.5, 0.6) is 0 Å². The van der Waals surface area contributed by atoms with Crippen LogP contribution in [-0.2, 0) is 20.7 Å². The molecule has 0 aliphatic heterocycles. The van der Waals surface area contributed by atoms with Gasteiger partial charge in [-0.3, -0.25) is 10.1 Å². The highest BCUT2D eigenvalue weighted by Crippen LogP contribution is 2.15. The van der Waals surface area contributed by atoms with E-state index in [-0.39, 0.29) is 24.3 Å². The van der Waals surface area contributed by atoms with E-state index in [1.807, 2.05) is 30.3 Å². The van der Waals surface area contributed by atoms with Gasteiger partial charge in [0.05, 0.1) is 17.1 Å². The first kappa shape index (κ1) is 19.1. The highest BCUT2D eigenvalue weighted by molar-refractivity contribution is 5.91. The molecule has 0 unspecified atom stereocenters. The van der Waals surface area contributed by atoms with E-state index in [0.29, 0.717) is 6.42 Å². The average molecular weight is 357 g/mol. The molecule has 7 nitrogen and oxygen atoms in total. The molecule has 0 aliphatic rings. The third-order valence-electron chi connectivity index (χ3n) is 3.65. The number of benzene rings is 2. The van der Waals surface area contributed by atoms with Crippen LogP contribution in [0.4, 0.5) is 5.69 Å². The minimum Gasteiger partial charge on any atom is -0.463 e. The lowest BCUT2D eigenvalue weighted by Crippen LogP contribution is -2.30. The number of esters is 2. The number of nitrogens with zero attached hydrogens (tertiary/aromatic N) is 1. The summed E-state index contributed by atoms with van der Waals surface area (Å²) in [5.74, 6) is -1.34. The molecule has 0 spiro atoms. The molecule has 0 radical (unpaired) electrons. The van der Waals surface area contributed by atoms with E-state index in [2.05, 4.69) is 0 Å². The number of hydrogen-bond acceptors (Lipinski definition) is 6. The highest BCUT2D eigenvalue weighted by atomic mass is 16.6. The number of nitro benzene ring substituents is 1. The smallest absolute Gasteiger partial charge is 0.347 e. The van der Waals surface area contributed by atoms with Crippen molar-refractivity contribution in [3.63, 3.8) is 0 Å². The second kappa shape index (κ2) is 9.31. The predicted octanol–water partition coefficient (Wildman–Crippen LogP) is 3.32. The second-order valence-electron chi connectivity index (χ2n) is 5.47. The van der Waals surface area contributed by atoms with Gasteiger partial charge in [0, 0.05) is 12.1 Å². The Morgan fingerprint density at radius 1 is 1.08 bits per heavy atom. The number of non-ortho nitro benzene ring substituents is 1. The highest BCUT2D eigenvalue weighted by Gasteiger charge is 2.25. The Labute approximate surface area is 150 Å². The van der Waals surface area contributed by atoms with E-state index in [4.69, 9.17) is 9.47 Å². The summed E-state index contributed by atoms with van der Waals surface area (Å²) < 4.78 is 10.3. The van der Waals surface area contributed by atoms with Gasteiger partial charge in [-0.25, -0.2) is 9.59 Å². The summed E-state index contributed by atoms with van der Waals surface area (Å²) >= 11 is 0. The van der Waals surface area contributed by atoms with Crippen LogP contribution in [-0.4, -0.2) is 29.6 Å². The summed E-state index contributed by atoms with van der Waals surface area (Å²) in [7, 11) is 0. The fraction of sp³-hybridized carbons (Fsp3) is 0.263. The Bertz CT molecular complexity index is 757. The van der Waals surface area contributed by atoms with E-state index in [1.165, 1.54) is 24.3 Å². The Balaban J connectivity index is 2.05. The molecule has 136 valence electrons. The molecule has 0 fully saturated rings. The SMILES string of the molecule is CCOC(=O)[C@@H](CCc1ccccc1)OC(=O)c1ccc([N+](=O)[O-])cc1. The maximum Gasteiger partial charge on any atom is 0.347 e. The van der Waals surface area contributed by atoms with Crippen molar-refractivity contribution in [2.45, 2.75) is 25.9 Å². The molecule has 26 heavy (non-hydrogen) atoms. The van der Waals surface area contributed by atoms with E-state index in [9.17, 15) is 19.7 Å². The summed E-state index contributed by atoms with van der Waals surface area (Å²) in [4.78, 5) is 34.5. The molecule has 0 saturated heterocycles. The van der Waals surface area contributed by atoms with Gasteiger partial charge in [0.2, 0.25) is 0 Å². The first-order valence-corrected chi connectivity index (χ1v) is 8.17. The summed E-state index contributed by atoms with van der Waals surface area (Å²) in [6.45, 7) is 1.85. The number of carbonyl (C=O) groups excluding carboxylic acids is 2. The number of ether oxygens (including phenoxy) is 2. The first-order valence-electron chi connectivity index (χ1n) is 8.17. The van der Waals surface area contributed by atoms with Crippen LogP contribution in [0, 0.1) is 10.1 Å². The van der Waals surface area contributed by atoms with Gasteiger partial charge in [0.15, 0.2) is 6.10 Å². The zero-order valence-corrected chi connectivity index (χ0v) is 14.3. The first-order chi connectivity index (χ1) is 12.5. The van der Waals surface area contributed by atoms with Crippen LogP contribution in [0.3, 0.4) is 0 Å². The van der Waals surface area contributed by atoms with Crippen molar-refractivity contribution in [1.29, 1.82) is 0 Å². The number of nitro groups is 1. The van der Waals surface area contributed by atoms with E-state index >= 15 is 0 Å². The molecule has 2 rings (SSSR count). The number of aryl methyl sites for hydroxylation is 1. The van der Waals surface area contributed by atoms with Crippen LogP contribution in [0.1, 0.15) is 29.3 Å². The zero-order chi connectivity index (χ0) is 18.9. The van der Waals surface area contributed by atoms with Gasteiger partial charge >= 0.3 is 11.9 Å². The number of rotatable bonds is 8. The standard InChI is InChI=1S/C19H19NO6/c1-2-25-19(22)17(13-8-14-6-4-3-5-7-14)26-18(21)15-9-11-16(12-10-15)20(23)24/h3-7,9-12,17H,2,8,13H2,1H3/t17-/m1/s1. The average Bonchev–Trinajstić information content (AvgIpc) is 2.66. The Kier molecular flexibility index (Phi) is 6.84. The summed E-state index contributed by atoms with van der Waals surface area (Å²) in [6, 6.07) is 14.5. The van der Waals surface area contributed by atoms with Gasteiger partial charge in [-0.1, -0.05) is 30.3 Å². The Morgan fingerprint density at radius 3 is 2.31 bits per heavy atom. The fourth-order valence-electron chi connectivity index (χ4n) is 2.32. The number of hydrogen-bond donors (Lipinski definition) is 0. The lowest BCUT2D eigenvalue weighted by Gasteiger charge is -2.16. The fourth-order valence-corrected chi connectivity index (χ4v) is 2.32. The van der Waals surface area contributed by atoms with E-state index in [0.717, 1.165) is 5.56 Å². The van der Waals surface area contributed by atoms with Gasteiger partial charge in [0.1, 0.15) is 0 Å². The minimum absolute atomic E-state index is 0.129. The third-order valence-corrected chi connectivity index (χ3v) is 3.65. The van der Waals surface area contributed by atoms with Crippen LogP contribution >= 0.6 is 0 Å². The third kappa shape index (κ3) is 5.41. The topological polar surface area (TPSA) is 95.7 Å². The molecule has 0 aliphatic carbocycles. The molecule has 0 heterocycles. The van der Waals surface area contributed by atoms with Crippen molar-refractivity contribution >= 4 is 17.6 Å². The Hall–Kier alpha value is -3.22. The normalized spacial score (nSPS) is 11.4. The second-order valence-corrected chi connectivity index (χ2v) is 5.47. The van der Waals surface area contributed by atoms with Crippen molar-refractivity contribution in [3.05, 3.63) is 75.8 Å². The van der Waals surface area contributed by atoms with Crippen LogP contribution in [0.25, 0.3) is 0 Å². The predicted molar refractivity (Wildman–Crippen MR) is 93.7 cm³/mol. The van der Waals surface area contributed by atoms with Crippen molar-refractivity contribution in [2.24, 2.45) is 0 Å². The molecule has 0 amide bonds. The maximum absolute atomic E-state index is 12.3. The van der Waals surface area contributed by atoms with Gasteiger partial charge in [-0.05, 0) is 37.5 Å². The Morgan fingerprint density at radius 2 is 1.73 bits per heavy atom. The van der Waals surface area contributed by atoms with E-state index in [1.54, 1.807) is 6.92 Å². The molecule has 0 saturated carbocycles. The van der Waals surface area contributed by atoms with Crippen molar-refractivity contribution in [2.75, 3.05) is 6.61 Å². The van der Waals surface area contributed by atoms with Crippen molar-refractivity contribution < 1.29 is 24.0 Å². The molecular weight excluding hydrogens is 338 g/mol. The van der Waals surface area contributed by atoms with Crippen molar-refractivity contribution in [3.8, 4) is 0 Å². The molecule has 0 aromatic heterocycles. The maximum atomic E-state index is 12.3. The monoisotopic (exact) mass is 357 g/mol. The summed E-state index contributed by atoms with van der Waals surface area (Å²) in [6.07, 6.45) is -0.225. The van der Waals surface area contributed by atoms with Crippen LogP contribution < -0.4 is 0 Å². The molecular formula is C19H19NO6. The molecule has 2 aromatic carbocycles. The van der Waals surface area contributed by atoms with Crippen molar-refractivity contribution in [1.82, 2.24) is 0 Å². The lowest BCUT2D eigenvalue weighted by molar-refractivity contribution is -0.384. The largest absolute Gasteiger partial charge is 0.463 e. The zero-order valence-electron chi connectivity index (χ0n) is 14.3. The quantitative estimate of drug-likeness (QED) is 0.408. The number of carbonyl (C=O) groups is 2.